The van der Waals surface area contributed by atoms with E-state index in [4.69, 9.17) is 0 Å². The number of fused-ring (bicyclic) bond motifs is 1. The van der Waals surface area contributed by atoms with E-state index in [1.807, 2.05) is 31.2 Å². The average Bonchev–Trinajstić information content (AvgIpc) is 2.80. The summed E-state index contributed by atoms with van der Waals surface area (Å²) in [6.45, 7) is 2.00. The van der Waals surface area contributed by atoms with Crippen molar-refractivity contribution in [2.24, 2.45) is 0 Å². The van der Waals surface area contributed by atoms with Crippen LogP contribution >= 0.6 is 0 Å². The fourth-order valence-corrected chi connectivity index (χ4v) is 2.09. The first-order valence-electron chi connectivity index (χ1n) is 5.11. The Kier molecular flexibility index (Phi) is 1.77. The van der Waals surface area contributed by atoms with Crippen molar-refractivity contribution in [3.8, 4) is 11.3 Å². The van der Waals surface area contributed by atoms with E-state index in [-0.39, 0.29) is 5.56 Å². The Balaban J connectivity index is 2.38. The zero-order valence-electron chi connectivity index (χ0n) is 8.79. The van der Waals surface area contributed by atoms with Crippen LogP contribution in [0.5, 0.6) is 0 Å². The van der Waals surface area contributed by atoms with Crippen molar-refractivity contribution in [2.45, 2.75) is 6.92 Å². The molecule has 16 heavy (non-hydrogen) atoms. The van der Waals surface area contributed by atoms with Crippen molar-refractivity contribution in [1.82, 2.24) is 15.2 Å². The molecule has 0 spiro atoms. The van der Waals surface area contributed by atoms with Crippen LogP contribution in [0.3, 0.4) is 0 Å². The van der Waals surface area contributed by atoms with E-state index in [2.05, 4.69) is 15.2 Å². The molecule has 3 N–H and O–H groups in total. The minimum absolute atomic E-state index is 0.111. The summed E-state index contributed by atoms with van der Waals surface area (Å²) in [7, 11) is 0. The van der Waals surface area contributed by atoms with Crippen LogP contribution in [-0.2, 0) is 0 Å². The highest BCUT2D eigenvalue weighted by atomic mass is 16.1. The SMILES string of the molecule is Cc1[nH]c2ccccc2c1-c1cc(=O)[nH][nH]1. The van der Waals surface area contributed by atoms with Gasteiger partial charge >= 0.3 is 0 Å². The van der Waals surface area contributed by atoms with Crippen molar-refractivity contribution in [1.29, 1.82) is 0 Å². The van der Waals surface area contributed by atoms with Gasteiger partial charge in [-0.25, -0.2) is 0 Å². The highest BCUT2D eigenvalue weighted by Crippen LogP contribution is 2.29. The first kappa shape index (κ1) is 9.03. The maximum atomic E-state index is 11.1. The fourth-order valence-electron chi connectivity index (χ4n) is 2.09. The number of aryl methyl sites for hydroxylation is 1. The highest BCUT2D eigenvalue weighted by Gasteiger charge is 2.11. The smallest absolute Gasteiger partial charge is 0.264 e. The molecule has 2 aromatic heterocycles. The molecule has 0 saturated carbocycles. The molecule has 3 rings (SSSR count). The molecule has 0 amide bonds. The van der Waals surface area contributed by atoms with Crippen LogP contribution < -0.4 is 5.56 Å². The van der Waals surface area contributed by atoms with Gasteiger partial charge in [0.1, 0.15) is 0 Å². The minimum atomic E-state index is -0.111. The van der Waals surface area contributed by atoms with Crippen LogP contribution in [-0.4, -0.2) is 15.2 Å². The minimum Gasteiger partial charge on any atom is -0.358 e. The molecule has 0 bridgehead atoms. The Morgan fingerprint density at radius 2 is 1.94 bits per heavy atom. The van der Waals surface area contributed by atoms with Gasteiger partial charge in [-0.15, -0.1) is 0 Å². The number of para-hydroxylation sites is 1. The molecule has 0 saturated heterocycles. The first-order valence-corrected chi connectivity index (χ1v) is 5.11. The molecule has 4 heteroatoms. The van der Waals surface area contributed by atoms with Crippen molar-refractivity contribution >= 4 is 10.9 Å². The van der Waals surface area contributed by atoms with Gasteiger partial charge in [0.25, 0.3) is 5.56 Å². The lowest BCUT2D eigenvalue weighted by Gasteiger charge is -1.96. The van der Waals surface area contributed by atoms with Gasteiger partial charge in [-0.3, -0.25) is 15.0 Å². The molecular weight excluding hydrogens is 202 g/mol. The second kappa shape index (κ2) is 3.13. The van der Waals surface area contributed by atoms with Crippen LogP contribution in [0, 0.1) is 6.92 Å². The Hall–Kier alpha value is -2.23. The number of nitrogens with one attached hydrogen (secondary N) is 3. The van der Waals surface area contributed by atoms with Gasteiger partial charge in [-0.1, -0.05) is 18.2 Å². The number of hydrogen-bond acceptors (Lipinski definition) is 1. The molecule has 0 fully saturated rings. The monoisotopic (exact) mass is 213 g/mol. The Morgan fingerprint density at radius 3 is 2.69 bits per heavy atom. The summed E-state index contributed by atoms with van der Waals surface area (Å²) < 4.78 is 0. The molecule has 80 valence electrons. The zero-order valence-corrected chi connectivity index (χ0v) is 8.79. The second-order valence-electron chi connectivity index (χ2n) is 3.84. The van der Waals surface area contributed by atoms with Gasteiger partial charge in [0.05, 0.1) is 5.69 Å². The van der Waals surface area contributed by atoms with E-state index in [0.29, 0.717) is 0 Å². The zero-order chi connectivity index (χ0) is 11.1. The Morgan fingerprint density at radius 1 is 1.12 bits per heavy atom. The summed E-state index contributed by atoms with van der Waals surface area (Å²) in [6, 6.07) is 9.62. The van der Waals surface area contributed by atoms with Gasteiger partial charge in [-0.2, -0.15) is 0 Å². The van der Waals surface area contributed by atoms with Crippen molar-refractivity contribution in [3.05, 3.63) is 46.4 Å². The summed E-state index contributed by atoms with van der Waals surface area (Å²) in [5.74, 6) is 0. The number of aromatic nitrogens is 3. The number of H-pyrrole nitrogens is 3. The summed E-state index contributed by atoms with van der Waals surface area (Å²) in [6.07, 6.45) is 0. The normalized spacial score (nSPS) is 11.1. The van der Waals surface area contributed by atoms with E-state index < -0.39 is 0 Å². The molecule has 1 aromatic carbocycles. The average molecular weight is 213 g/mol. The van der Waals surface area contributed by atoms with Gasteiger partial charge < -0.3 is 4.98 Å². The molecule has 0 unspecified atom stereocenters. The van der Waals surface area contributed by atoms with Crippen molar-refractivity contribution in [2.75, 3.05) is 0 Å². The lowest BCUT2D eigenvalue weighted by atomic mass is 10.1. The number of benzene rings is 1. The lowest BCUT2D eigenvalue weighted by molar-refractivity contribution is 1.06. The third-order valence-electron chi connectivity index (χ3n) is 2.76. The molecule has 0 aliphatic heterocycles. The van der Waals surface area contributed by atoms with E-state index >= 15 is 0 Å². The van der Waals surface area contributed by atoms with Gasteiger partial charge in [0.2, 0.25) is 0 Å². The summed E-state index contributed by atoms with van der Waals surface area (Å²) in [5.41, 5.74) is 3.89. The van der Waals surface area contributed by atoms with E-state index in [9.17, 15) is 4.79 Å². The molecular formula is C12H11N3O. The van der Waals surface area contributed by atoms with E-state index in [1.54, 1.807) is 6.07 Å². The summed E-state index contributed by atoms with van der Waals surface area (Å²) in [5, 5.41) is 6.56. The van der Waals surface area contributed by atoms with E-state index in [0.717, 1.165) is 27.9 Å². The lowest BCUT2D eigenvalue weighted by Crippen LogP contribution is -1.93. The van der Waals surface area contributed by atoms with Gasteiger partial charge in [-0.05, 0) is 13.0 Å². The second-order valence-corrected chi connectivity index (χ2v) is 3.84. The molecule has 0 atom stereocenters. The fraction of sp³-hybridized carbons (Fsp3) is 0.0833. The molecule has 0 aliphatic carbocycles. The Labute approximate surface area is 91.3 Å². The number of hydrogen-bond donors (Lipinski definition) is 3. The maximum absolute atomic E-state index is 11.1. The van der Waals surface area contributed by atoms with Crippen LogP contribution in [0.4, 0.5) is 0 Å². The molecule has 4 nitrogen and oxygen atoms in total. The first-order chi connectivity index (χ1) is 7.75. The largest absolute Gasteiger partial charge is 0.358 e. The topological polar surface area (TPSA) is 64.4 Å². The van der Waals surface area contributed by atoms with E-state index in [1.165, 1.54) is 0 Å². The predicted octanol–water partition coefficient (Wildman–Crippen LogP) is 2.16. The predicted molar refractivity (Wildman–Crippen MR) is 63.4 cm³/mol. The maximum Gasteiger partial charge on any atom is 0.264 e. The summed E-state index contributed by atoms with van der Waals surface area (Å²) >= 11 is 0. The van der Waals surface area contributed by atoms with Crippen LogP contribution in [0.25, 0.3) is 22.2 Å². The van der Waals surface area contributed by atoms with Crippen LogP contribution in [0.1, 0.15) is 5.69 Å². The molecule has 0 aliphatic rings. The van der Waals surface area contributed by atoms with Crippen molar-refractivity contribution in [3.63, 3.8) is 0 Å². The Bertz CT molecular complexity index is 702. The van der Waals surface area contributed by atoms with Crippen LogP contribution in [0.2, 0.25) is 0 Å². The third-order valence-corrected chi connectivity index (χ3v) is 2.76. The quantitative estimate of drug-likeness (QED) is 0.569. The molecule has 3 aromatic rings. The standard InChI is InChI=1S/C12H11N3O/c1-7-12(10-6-11(16)15-14-10)8-4-2-3-5-9(8)13-7/h2-6,13H,1H3,(H2,14,15,16). The molecule has 2 heterocycles. The summed E-state index contributed by atoms with van der Waals surface area (Å²) in [4.78, 5) is 14.4. The van der Waals surface area contributed by atoms with Crippen molar-refractivity contribution < 1.29 is 0 Å². The van der Waals surface area contributed by atoms with Gasteiger partial charge in [0, 0.05) is 28.2 Å². The number of aromatic amines is 3. The number of rotatable bonds is 1. The van der Waals surface area contributed by atoms with Gasteiger partial charge in [0.15, 0.2) is 0 Å². The third kappa shape index (κ3) is 1.20. The highest BCUT2D eigenvalue weighted by molar-refractivity contribution is 5.96. The molecule has 0 radical (unpaired) electrons. The van der Waals surface area contributed by atoms with Crippen LogP contribution in [0.15, 0.2) is 35.1 Å².